The van der Waals surface area contributed by atoms with Gasteiger partial charge in [0.15, 0.2) is 0 Å². The predicted molar refractivity (Wildman–Crippen MR) is 86.5 cm³/mol. The Hall–Kier alpha value is 0.0500. The lowest BCUT2D eigenvalue weighted by atomic mass is 9.82. The summed E-state index contributed by atoms with van der Waals surface area (Å²) < 4.78 is 0. The Kier molecular flexibility index (Phi) is 6.00. The second kappa shape index (κ2) is 6.67. The standard InChI is InChI=1S/C15H22Cl3N/c1-9(15(3,4)5)8-19-10(2)11-6-7-12(16)14(18)13(11)17/h6-7,9-10,19H,8H2,1-5H3. The normalized spacial score (nSPS) is 15.4. The molecule has 2 atom stereocenters. The summed E-state index contributed by atoms with van der Waals surface area (Å²) in [7, 11) is 0. The Morgan fingerprint density at radius 3 is 2.16 bits per heavy atom. The molecule has 0 amide bonds. The van der Waals surface area contributed by atoms with Crippen LogP contribution in [0.3, 0.4) is 0 Å². The number of nitrogens with one attached hydrogen (secondary N) is 1. The lowest BCUT2D eigenvalue weighted by Crippen LogP contribution is -2.31. The summed E-state index contributed by atoms with van der Waals surface area (Å²) >= 11 is 18.3. The van der Waals surface area contributed by atoms with Crippen molar-refractivity contribution < 1.29 is 0 Å². The number of benzene rings is 1. The predicted octanol–water partition coefficient (Wildman–Crippen LogP) is 5.98. The molecule has 0 spiro atoms. The maximum Gasteiger partial charge on any atom is 0.0781 e. The van der Waals surface area contributed by atoms with Crippen LogP contribution in [0.4, 0.5) is 0 Å². The van der Waals surface area contributed by atoms with Gasteiger partial charge in [0, 0.05) is 6.04 Å². The lowest BCUT2D eigenvalue weighted by Gasteiger charge is -2.29. The average molecular weight is 323 g/mol. The van der Waals surface area contributed by atoms with E-state index in [-0.39, 0.29) is 11.5 Å². The maximum absolute atomic E-state index is 6.24. The van der Waals surface area contributed by atoms with Crippen molar-refractivity contribution in [1.29, 1.82) is 0 Å². The Labute approximate surface area is 131 Å². The van der Waals surface area contributed by atoms with Gasteiger partial charge in [-0.25, -0.2) is 0 Å². The summed E-state index contributed by atoms with van der Waals surface area (Å²) in [6, 6.07) is 3.86. The van der Waals surface area contributed by atoms with E-state index in [2.05, 4.69) is 39.9 Å². The third-order valence-electron chi connectivity index (χ3n) is 3.74. The maximum atomic E-state index is 6.24. The van der Waals surface area contributed by atoms with Crippen LogP contribution in [0.25, 0.3) is 0 Å². The van der Waals surface area contributed by atoms with E-state index in [0.29, 0.717) is 21.0 Å². The van der Waals surface area contributed by atoms with Crippen LogP contribution in [-0.2, 0) is 0 Å². The van der Waals surface area contributed by atoms with Crippen LogP contribution in [0, 0.1) is 11.3 Å². The second-order valence-electron chi connectivity index (χ2n) is 6.16. The van der Waals surface area contributed by atoms with Gasteiger partial charge in [0.25, 0.3) is 0 Å². The van der Waals surface area contributed by atoms with E-state index in [1.165, 1.54) is 0 Å². The molecule has 0 bridgehead atoms. The fourth-order valence-electron chi connectivity index (χ4n) is 1.64. The van der Waals surface area contributed by atoms with Crippen molar-refractivity contribution >= 4 is 34.8 Å². The number of hydrogen-bond donors (Lipinski definition) is 1. The van der Waals surface area contributed by atoms with Gasteiger partial charge in [0.2, 0.25) is 0 Å². The fraction of sp³-hybridized carbons (Fsp3) is 0.600. The molecule has 4 heteroatoms. The Morgan fingerprint density at radius 1 is 1.05 bits per heavy atom. The van der Waals surface area contributed by atoms with Crippen LogP contribution in [0.15, 0.2) is 12.1 Å². The Balaban J connectivity index is 2.75. The molecule has 108 valence electrons. The molecule has 1 nitrogen and oxygen atoms in total. The van der Waals surface area contributed by atoms with Crippen LogP contribution < -0.4 is 5.32 Å². The van der Waals surface area contributed by atoms with E-state index in [0.717, 1.165) is 12.1 Å². The molecule has 0 heterocycles. The van der Waals surface area contributed by atoms with Gasteiger partial charge in [-0.3, -0.25) is 0 Å². The topological polar surface area (TPSA) is 12.0 Å². The summed E-state index contributed by atoms with van der Waals surface area (Å²) in [5.74, 6) is 0.566. The largest absolute Gasteiger partial charge is 0.310 e. The zero-order valence-corrected chi connectivity index (χ0v) is 14.4. The van der Waals surface area contributed by atoms with Crippen LogP contribution in [-0.4, -0.2) is 6.54 Å². The van der Waals surface area contributed by atoms with Gasteiger partial charge in [-0.1, -0.05) is 68.6 Å². The Morgan fingerprint density at radius 2 is 1.63 bits per heavy atom. The molecule has 1 N–H and O–H groups in total. The highest BCUT2D eigenvalue weighted by atomic mass is 35.5. The zero-order chi connectivity index (χ0) is 14.8. The molecular weight excluding hydrogens is 301 g/mol. The first kappa shape index (κ1) is 17.1. The van der Waals surface area contributed by atoms with Gasteiger partial charge in [-0.15, -0.1) is 0 Å². The summed E-state index contributed by atoms with van der Waals surface area (Å²) in [6.45, 7) is 12.0. The minimum atomic E-state index is 0.145. The highest BCUT2D eigenvalue weighted by molar-refractivity contribution is 6.48. The molecule has 0 saturated carbocycles. The van der Waals surface area contributed by atoms with Crippen molar-refractivity contribution in [2.24, 2.45) is 11.3 Å². The molecule has 1 rings (SSSR count). The Bertz CT molecular complexity index is 438. The van der Waals surface area contributed by atoms with Crippen molar-refractivity contribution in [3.63, 3.8) is 0 Å². The van der Waals surface area contributed by atoms with Crippen molar-refractivity contribution in [1.82, 2.24) is 5.32 Å². The van der Waals surface area contributed by atoms with E-state index >= 15 is 0 Å². The summed E-state index contributed by atoms with van der Waals surface area (Å²) in [6.07, 6.45) is 0. The van der Waals surface area contributed by atoms with E-state index in [1.54, 1.807) is 6.07 Å². The zero-order valence-electron chi connectivity index (χ0n) is 12.2. The van der Waals surface area contributed by atoms with Gasteiger partial charge >= 0.3 is 0 Å². The van der Waals surface area contributed by atoms with E-state index < -0.39 is 0 Å². The van der Waals surface area contributed by atoms with Crippen LogP contribution in [0.2, 0.25) is 15.1 Å². The first-order chi connectivity index (χ1) is 8.64. The number of rotatable bonds is 4. The smallest absolute Gasteiger partial charge is 0.0781 e. The van der Waals surface area contributed by atoms with Crippen LogP contribution in [0.1, 0.15) is 46.2 Å². The SMILES string of the molecule is CC(NCC(C)C(C)(C)C)c1ccc(Cl)c(Cl)c1Cl. The third kappa shape index (κ3) is 4.53. The highest BCUT2D eigenvalue weighted by Gasteiger charge is 2.21. The monoisotopic (exact) mass is 321 g/mol. The van der Waals surface area contributed by atoms with E-state index in [4.69, 9.17) is 34.8 Å². The molecule has 1 aromatic carbocycles. The lowest BCUT2D eigenvalue weighted by molar-refractivity contribution is 0.247. The third-order valence-corrected chi connectivity index (χ3v) is 5.05. The quantitative estimate of drug-likeness (QED) is 0.672. The fourth-order valence-corrected chi connectivity index (χ4v) is 2.35. The molecule has 0 aliphatic heterocycles. The molecule has 0 aliphatic rings. The molecule has 0 radical (unpaired) electrons. The molecule has 0 aromatic heterocycles. The van der Waals surface area contributed by atoms with E-state index in [9.17, 15) is 0 Å². The first-order valence-electron chi connectivity index (χ1n) is 6.51. The first-order valence-corrected chi connectivity index (χ1v) is 7.64. The molecule has 2 unspecified atom stereocenters. The molecule has 1 aromatic rings. The van der Waals surface area contributed by atoms with Crippen molar-refractivity contribution in [2.45, 2.75) is 40.7 Å². The summed E-state index contributed by atoms with van der Waals surface area (Å²) in [5.41, 5.74) is 1.27. The second-order valence-corrected chi connectivity index (χ2v) is 7.32. The number of halogens is 3. The summed E-state index contributed by atoms with van der Waals surface area (Å²) in [5, 5.41) is 4.97. The minimum Gasteiger partial charge on any atom is -0.310 e. The van der Waals surface area contributed by atoms with Gasteiger partial charge in [-0.2, -0.15) is 0 Å². The van der Waals surface area contributed by atoms with Crippen LogP contribution in [0.5, 0.6) is 0 Å². The van der Waals surface area contributed by atoms with Gasteiger partial charge in [0.05, 0.1) is 15.1 Å². The average Bonchev–Trinajstić information content (AvgIpc) is 2.31. The molecule has 0 saturated heterocycles. The minimum absolute atomic E-state index is 0.145. The van der Waals surface area contributed by atoms with Crippen molar-refractivity contribution in [3.05, 3.63) is 32.8 Å². The van der Waals surface area contributed by atoms with Crippen molar-refractivity contribution in [2.75, 3.05) is 6.54 Å². The van der Waals surface area contributed by atoms with Crippen molar-refractivity contribution in [3.8, 4) is 0 Å². The molecule has 0 aliphatic carbocycles. The van der Waals surface area contributed by atoms with Gasteiger partial charge in [0.1, 0.15) is 0 Å². The highest BCUT2D eigenvalue weighted by Crippen LogP contribution is 2.35. The van der Waals surface area contributed by atoms with Gasteiger partial charge in [-0.05, 0) is 36.4 Å². The number of hydrogen-bond acceptors (Lipinski definition) is 1. The van der Waals surface area contributed by atoms with Crippen LogP contribution >= 0.6 is 34.8 Å². The van der Waals surface area contributed by atoms with E-state index in [1.807, 2.05) is 6.07 Å². The molecule has 0 fully saturated rings. The summed E-state index contributed by atoms with van der Waals surface area (Å²) in [4.78, 5) is 0. The molecular formula is C15H22Cl3N. The van der Waals surface area contributed by atoms with Gasteiger partial charge < -0.3 is 5.32 Å². The molecule has 19 heavy (non-hydrogen) atoms.